The van der Waals surface area contributed by atoms with Crippen LogP contribution in [0.4, 0.5) is 5.82 Å². The van der Waals surface area contributed by atoms with Gasteiger partial charge in [-0.1, -0.05) is 11.1 Å². The standard InChI is InChI=1S/C22H27N5O4/c1-3-31-22(29)16-14-17-20(24-19-15(2)6-4-8-27(19)21(17)28)26(18(16)23)9-5-7-25-10-12-30-13-11-25/h4,6,8,14,23H,3,5,7,9-13H2,1-2H3/p+1. The minimum atomic E-state index is -0.544. The van der Waals surface area contributed by atoms with Crippen LogP contribution in [0.1, 0.15) is 29.3 Å². The van der Waals surface area contributed by atoms with Crippen LogP contribution in [-0.4, -0.2) is 59.7 Å². The van der Waals surface area contributed by atoms with E-state index in [1.165, 1.54) is 10.5 Å². The van der Waals surface area contributed by atoms with Gasteiger partial charge in [-0.3, -0.25) is 14.1 Å². The Bertz CT molecular complexity index is 1180. The fraction of sp³-hybridized carbons (Fsp3) is 0.455. The number of rotatable bonds is 6. The zero-order chi connectivity index (χ0) is 22.0. The third kappa shape index (κ3) is 4.11. The summed E-state index contributed by atoms with van der Waals surface area (Å²) in [5, 5.41) is 0.340. The van der Waals surface area contributed by atoms with E-state index in [2.05, 4.69) is 4.90 Å². The molecular weight excluding hydrogens is 398 g/mol. The highest BCUT2D eigenvalue weighted by molar-refractivity contribution is 5.96. The molecule has 0 atom stereocenters. The summed E-state index contributed by atoms with van der Waals surface area (Å²) in [6, 6.07) is 5.22. The Hall–Kier alpha value is -3.04. The molecule has 0 aromatic carbocycles. The summed E-state index contributed by atoms with van der Waals surface area (Å²) in [5.41, 5.74) is 8.30. The first-order valence-corrected chi connectivity index (χ1v) is 10.6. The predicted octanol–water partition coefficient (Wildman–Crippen LogP) is 0.925. The maximum Gasteiger partial charge on any atom is 0.344 e. The fourth-order valence-electron chi connectivity index (χ4n) is 3.99. The van der Waals surface area contributed by atoms with Gasteiger partial charge in [0.05, 0.1) is 26.4 Å². The number of pyridine rings is 2. The van der Waals surface area contributed by atoms with Crippen LogP contribution >= 0.6 is 0 Å². The van der Waals surface area contributed by atoms with Crippen molar-refractivity contribution in [1.82, 2.24) is 14.3 Å². The van der Waals surface area contributed by atoms with E-state index in [4.69, 9.17) is 20.2 Å². The minimum Gasteiger partial charge on any atom is -0.462 e. The Morgan fingerprint density at radius 2 is 2.13 bits per heavy atom. The number of fused-ring (bicyclic) bond motifs is 2. The van der Waals surface area contributed by atoms with E-state index in [1.54, 1.807) is 23.8 Å². The molecule has 4 rings (SSSR count). The molecular formula is C22H28N5O4+. The van der Waals surface area contributed by atoms with Gasteiger partial charge in [-0.2, -0.15) is 0 Å². The number of esters is 1. The summed E-state index contributed by atoms with van der Waals surface area (Å²) >= 11 is 0. The Morgan fingerprint density at radius 3 is 2.87 bits per heavy atom. The Morgan fingerprint density at radius 1 is 1.35 bits per heavy atom. The molecule has 4 heterocycles. The largest absolute Gasteiger partial charge is 0.462 e. The third-order valence-electron chi connectivity index (χ3n) is 5.63. The number of aryl methyl sites for hydroxylation is 2. The fourth-order valence-corrected chi connectivity index (χ4v) is 3.99. The van der Waals surface area contributed by atoms with Crippen LogP contribution in [0, 0.1) is 6.92 Å². The average Bonchev–Trinajstić information content (AvgIpc) is 2.77. The van der Waals surface area contributed by atoms with E-state index < -0.39 is 5.97 Å². The molecule has 0 aliphatic carbocycles. The van der Waals surface area contributed by atoms with Crippen LogP contribution in [0.15, 0.2) is 29.2 Å². The molecule has 0 radical (unpaired) electrons. The first kappa shape index (κ1) is 21.2. The second kappa shape index (κ2) is 8.99. The van der Waals surface area contributed by atoms with E-state index in [1.807, 2.05) is 13.0 Å². The number of hydrogen-bond donors (Lipinski definition) is 1. The molecule has 3 aromatic rings. The van der Waals surface area contributed by atoms with Crippen LogP contribution in [0.25, 0.3) is 16.7 Å². The van der Waals surface area contributed by atoms with Gasteiger partial charge in [-0.05, 0) is 32.4 Å². The maximum absolute atomic E-state index is 13.3. The highest BCUT2D eigenvalue weighted by Gasteiger charge is 2.25. The molecule has 0 bridgehead atoms. The molecule has 0 spiro atoms. The number of nitrogen functional groups attached to an aromatic ring is 1. The Labute approximate surface area is 180 Å². The summed E-state index contributed by atoms with van der Waals surface area (Å²) in [4.78, 5) is 32.9. The number of aromatic nitrogens is 3. The SMILES string of the molecule is CCOC(=O)c1cc2c(=O)n3cccc(C)c3nc2[n+](CCCN2CCOCC2)c1N. The molecule has 9 heteroatoms. The summed E-state index contributed by atoms with van der Waals surface area (Å²) < 4.78 is 13.9. The molecule has 3 aromatic heterocycles. The lowest BCUT2D eigenvalue weighted by Crippen LogP contribution is -2.44. The van der Waals surface area contributed by atoms with Crippen molar-refractivity contribution in [2.45, 2.75) is 26.8 Å². The first-order chi connectivity index (χ1) is 15.0. The number of carbonyl (C=O) groups excluding carboxylic acids is 1. The number of ether oxygens (including phenoxy) is 2. The molecule has 0 amide bonds. The molecule has 1 saturated heterocycles. The van der Waals surface area contributed by atoms with Gasteiger partial charge in [0.2, 0.25) is 11.5 Å². The van der Waals surface area contributed by atoms with Gasteiger partial charge in [-0.15, -0.1) is 0 Å². The molecule has 0 unspecified atom stereocenters. The summed E-state index contributed by atoms with van der Waals surface area (Å²) in [7, 11) is 0. The number of nitrogens with two attached hydrogens (primary N) is 1. The van der Waals surface area contributed by atoms with Crippen molar-refractivity contribution in [3.05, 3.63) is 45.9 Å². The highest BCUT2D eigenvalue weighted by Crippen LogP contribution is 2.17. The lowest BCUT2D eigenvalue weighted by Gasteiger charge is -2.26. The van der Waals surface area contributed by atoms with E-state index in [-0.39, 0.29) is 23.5 Å². The lowest BCUT2D eigenvalue weighted by molar-refractivity contribution is -0.659. The molecule has 0 saturated carbocycles. The van der Waals surface area contributed by atoms with Gasteiger partial charge in [0.15, 0.2) is 0 Å². The van der Waals surface area contributed by atoms with Crippen molar-refractivity contribution in [1.29, 1.82) is 0 Å². The topological polar surface area (TPSA) is 103 Å². The van der Waals surface area contributed by atoms with Gasteiger partial charge in [0.25, 0.3) is 11.2 Å². The number of morpholine rings is 1. The molecule has 1 aliphatic heterocycles. The predicted molar refractivity (Wildman–Crippen MR) is 116 cm³/mol. The molecule has 1 fully saturated rings. The van der Waals surface area contributed by atoms with Crippen molar-refractivity contribution in [2.75, 3.05) is 45.2 Å². The number of anilines is 1. The quantitative estimate of drug-likeness (QED) is 0.355. The minimum absolute atomic E-state index is 0.187. The first-order valence-electron chi connectivity index (χ1n) is 10.6. The number of carbonyl (C=O) groups is 1. The summed E-state index contributed by atoms with van der Waals surface area (Å²) in [6.45, 7) is 8.53. The van der Waals surface area contributed by atoms with Crippen molar-refractivity contribution in [3.63, 3.8) is 0 Å². The van der Waals surface area contributed by atoms with Crippen molar-refractivity contribution in [3.8, 4) is 0 Å². The van der Waals surface area contributed by atoms with E-state index in [9.17, 15) is 9.59 Å². The second-order valence-electron chi connectivity index (χ2n) is 7.66. The second-order valence-corrected chi connectivity index (χ2v) is 7.66. The van der Waals surface area contributed by atoms with Gasteiger partial charge < -0.3 is 15.2 Å². The number of nitrogens with zero attached hydrogens (tertiary/aromatic N) is 4. The summed E-state index contributed by atoms with van der Waals surface area (Å²) in [6.07, 6.45) is 2.48. The zero-order valence-electron chi connectivity index (χ0n) is 18.0. The molecule has 164 valence electrons. The van der Waals surface area contributed by atoms with Crippen LogP contribution in [0.5, 0.6) is 0 Å². The third-order valence-corrected chi connectivity index (χ3v) is 5.63. The van der Waals surface area contributed by atoms with Gasteiger partial charge in [0.1, 0.15) is 10.9 Å². The molecule has 2 N–H and O–H groups in total. The summed E-state index contributed by atoms with van der Waals surface area (Å²) in [5.74, 6) is -0.282. The maximum atomic E-state index is 13.3. The average molecular weight is 426 g/mol. The van der Waals surface area contributed by atoms with Gasteiger partial charge in [-0.25, -0.2) is 9.36 Å². The highest BCUT2D eigenvalue weighted by atomic mass is 16.5. The van der Waals surface area contributed by atoms with Crippen molar-refractivity contribution in [2.24, 2.45) is 0 Å². The van der Waals surface area contributed by atoms with Crippen molar-refractivity contribution >= 4 is 28.5 Å². The lowest BCUT2D eigenvalue weighted by atomic mass is 10.2. The van der Waals surface area contributed by atoms with E-state index >= 15 is 0 Å². The zero-order valence-corrected chi connectivity index (χ0v) is 18.0. The Kier molecular flexibility index (Phi) is 6.15. The van der Waals surface area contributed by atoms with Crippen LogP contribution in [-0.2, 0) is 16.0 Å². The molecule has 1 aliphatic rings. The van der Waals surface area contributed by atoms with Gasteiger partial charge in [0, 0.05) is 31.4 Å². The number of hydrogen-bond acceptors (Lipinski definition) is 7. The van der Waals surface area contributed by atoms with Crippen molar-refractivity contribution < 1.29 is 18.8 Å². The normalized spacial score (nSPS) is 14.9. The van der Waals surface area contributed by atoms with E-state index in [0.29, 0.717) is 23.2 Å². The van der Waals surface area contributed by atoms with E-state index in [0.717, 1.165) is 44.8 Å². The molecule has 31 heavy (non-hydrogen) atoms. The van der Waals surface area contributed by atoms with Crippen LogP contribution in [0.2, 0.25) is 0 Å². The van der Waals surface area contributed by atoms with Crippen LogP contribution < -0.4 is 15.9 Å². The molecule has 9 nitrogen and oxygen atoms in total. The van der Waals surface area contributed by atoms with Crippen LogP contribution in [0.3, 0.4) is 0 Å². The smallest absolute Gasteiger partial charge is 0.344 e. The van der Waals surface area contributed by atoms with Gasteiger partial charge >= 0.3 is 5.97 Å². The monoisotopic (exact) mass is 426 g/mol. The Balaban J connectivity index is 1.82.